The van der Waals surface area contributed by atoms with E-state index in [1.165, 1.54) is 38.6 Å². The summed E-state index contributed by atoms with van der Waals surface area (Å²) in [4.78, 5) is 4.62. The Morgan fingerprint density at radius 2 is 1.57 bits per heavy atom. The number of aromatic nitrogens is 1. The van der Waals surface area contributed by atoms with Crippen molar-refractivity contribution in [2.45, 2.75) is 61.8 Å². The second-order valence-corrected chi connectivity index (χ2v) is 8.16. The van der Waals surface area contributed by atoms with E-state index in [1.54, 1.807) is 0 Å². The van der Waals surface area contributed by atoms with Crippen molar-refractivity contribution < 1.29 is 4.42 Å². The van der Waals surface area contributed by atoms with E-state index in [0.717, 1.165) is 23.4 Å². The summed E-state index contributed by atoms with van der Waals surface area (Å²) in [5.74, 6) is 0. The van der Waals surface area contributed by atoms with Gasteiger partial charge in [-0.25, -0.2) is 4.98 Å². The number of hydrogen-bond donors (Lipinski definition) is 0. The van der Waals surface area contributed by atoms with Crippen molar-refractivity contribution >= 4 is 22.1 Å². The summed E-state index contributed by atoms with van der Waals surface area (Å²) in [5, 5.41) is 2.44. The molecule has 0 radical (unpaired) electrons. The number of nitrogens with zero attached hydrogens (tertiary/aromatic N) is 1. The van der Waals surface area contributed by atoms with E-state index in [4.69, 9.17) is 4.42 Å². The fourth-order valence-corrected chi connectivity index (χ4v) is 3.69. The Hall–Kier alpha value is -1.83. The highest BCUT2D eigenvalue weighted by atomic mass is 16.3. The highest BCUT2D eigenvalue weighted by molar-refractivity contribution is 6.09. The zero-order valence-electron chi connectivity index (χ0n) is 15.6. The summed E-state index contributed by atoms with van der Waals surface area (Å²) in [5.41, 5.74) is 9.73. The first kappa shape index (κ1) is 16.0. The summed E-state index contributed by atoms with van der Waals surface area (Å²) in [7, 11) is 0. The largest absolute Gasteiger partial charge is 0.437 e. The van der Waals surface area contributed by atoms with Gasteiger partial charge in [0.1, 0.15) is 5.58 Å². The molecular formula is C21H27NO. The van der Waals surface area contributed by atoms with E-state index in [9.17, 15) is 0 Å². The van der Waals surface area contributed by atoms with Crippen LogP contribution in [-0.4, -0.2) is 4.98 Å². The molecular weight excluding hydrogens is 282 g/mol. The van der Waals surface area contributed by atoms with Crippen LogP contribution < -0.4 is 0 Å². The maximum atomic E-state index is 6.18. The molecule has 0 aliphatic carbocycles. The molecule has 1 aromatic carbocycles. The van der Waals surface area contributed by atoms with E-state index >= 15 is 0 Å². The molecule has 0 saturated carbocycles. The molecule has 0 amide bonds. The summed E-state index contributed by atoms with van der Waals surface area (Å²) >= 11 is 0. The SMILES string of the molecule is Cc1cc(C)c2c(n1)oc1c(C)c(C)c(CC(C)(C)C)c(C)c12. The maximum absolute atomic E-state index is 6.18. The molecule has 2 heterocycles. The van der Waals surface area contributed by atoms with Crippen LogP contribution in [0.2, 0.25) is 0 Å². The fraction of sp³-hybridized carbons (Fsp3) is 0.476. The molecule has 0 unspecified atom stereocenters. The van der Waals surface area contributed by atoms with Gasteiger partial charge in [0, 0.05) is 11.1 Å². The zero-order valence-corrected chi connectivity index (χ0v) is 15.6. The van der Waals surface area contributed by atoms with Gasteiger partial charge in [-0.3, -0.25) is 0 Å². The lowest BCUT2D eigenvalue weighted by molar-refractivity contribution is 0.409. The predicted molar refractivity (Wildman–Crippen MR) is 98.4 cm³/mol. The smallest absolute Gasteiger partial charge is 0.227 e. The minimum absolute atomic E-state index is 0.263. The van der Waals surface area contributed by atoms with Crippen LogP contribution in [0.1, 0.15) is 54.3 Å². The average molecular weight is 309 g/mol. The Balaban J connectivity index is 2.48. The predicted octanol–water partition coefficient (Wildman–Crippen LogP) is 6.11. The number of hydrogen-bond acceptors (Lipinski definition) is 2. The van der Waals surface area contributed by atoms with Crippen molar-refractivity contribution in [2.24, 2.45) is 5.41 Å². The number of pyridine rings is 1. The lowest BCUT2D eigenvalue weighted by Gasteiger charge is -2.23. The molecule has 0 atom stereocenters. The highest BCUT2D eigenvalue weighted by Gasteiger charge is 2.22. The Morgan fingerprint density at radius 3 is 2.17 bits per heavy atom. The number of rotatable bonds is 1. The van der Waals surface area contributed by atoms with Gasteiger partial charge < -0.3 is 4.42 Å². The number of fused-ring (bicyclic) bond motifs is 3. The van der Waals surface area contributed by atoms with E-state index in [1.807, 2.05) is 6.92 Å². The van der Waals surface area contributed by atoms with Crippen molar-refractivity contribution in [1.82, 2.24) is 4.98 Å². The van der Waals surface area contributed by atoms with Gasteiger partial charge in [0.05, 0.1) is 5.39 Å². The summed E-state index contributed by atoms with van der Waals surface area (Å²) < 4.78 is 6.18. The molecule has 0 aliphatic rings. The zero-order chi connectivity index (χ0) is 17.1. The molecule has 0 aliphatic heterocycles. The topological polar surface area (TPSA) is 26.0 Å². The molecule has 2 nitrogen and oxygen atoms in total. The highest BCUT2D eigenvalue weighted by Crippen LogP contribution is 2.39. The van der Waals surface area contributed by atoms with Gasteiger partial charge in [-0.2, -0.15) is 0 Å². The summed E-state index contributed by atoms with van der Waals surface area (Å²) in [6.45, 7) is 17.7. The van der Waals surface area contributed by atoms with Gasteiger partial charge in [0.25, 0.3) is 0 Å². The average Bonchev–Trinajstić information content (AvgIpc) is 2.79. The van der Waals surface area contributed by atoms with E-state index in [0.29, 0.717) is 0 Å². The van der Waals surface area contributed by atoms with Crippen LogP contribution in [0.15, 0.2) is 10.5 Å². The van der Waals surface area contributed by atoms with Crippen LogP contribution in [0.4, 0.5) is 0 Å². The van der Waals surface area contributed by atoms with Crippen LogP contribution in [0, 0.1) is 40.0 Å². The third-order valence-electron chi connectivity index (χ3n) is 4.88. The molecule has 3 rings (SSSR count). The molecule has 0 spiro atoms. The Labute approximate surface area is 138 Å². The van der Waals surface area contributed by atoms with Crippen molar-refractivity contribution in [1.29, 1.82) is 0 Å². The summed E-state index contributed by atoms with van der Waals surface area (Å²) in [6.07, 6.45) is 1.08. The van der Waals surface area contributed by atoms with Gasteiger partial charge in [0.2, 0.25) is 5.71 Å². The molecule has 3 aromatic rings. The first-order chi connectivity index (χ1) is 10.6. The van der Waals surface area contributed by atoms with Crippen LogP contribution in [-0.2, 0) is 6.42 Å². The third kappa shape index (κ3) is 2.54. The molecule has 0 fully saturated rings. The van der Waals surface area contributed by atoms with Crippen molar-refractivity contribution in [3.63, 3.8) is 0 Å². The van der Waals surface area contributed by atoms with Crippen LogP contribution in [0.3, 0.4) is 0 Å². The van der Waals surface area contributed by atoms with Crippen LogP contribution >= 0.6 is 0 Å². The quantitative estimate of drug-likeness (QED) is 0.542. The van der Waals surface area contributed by atoms with Gasteiger partial charge >= 0.3 is 0 Å². The minimum Gasteiger partial charge on any atom is -0.437 e. The van der Waals surface area contributed by atoms with Crippen molar-refractivity contribution in [3.05, 3.63) is 39.6 Å². The second kappa shape index (κ2) is 5.09. The van der Waals surface area contributed by atoms with Gasteiger partial charge in [0.15, 0.2) is 0 Å². The third-order valence-corrected chi connectivity index (χ3v) is 4.88. The lowest BCUT2D eigenvalue weighted by atomic mass is 9.82. The summed E-state index contributed by atoms with van der Waals surface area (Å²) in [6, 6.07) is 2.15. The number of furan rings is 1. The van der Waals surface area contributed by atoms with Crippen molar-refractivity contribution in [2.75, 3.05) is 0 Å². The van der Waals surface area contributed by atoms with Crippen molar-refractivity contribution in [3.8, 4) is 0 Å². The van der Waals surface area contributed by atoms with Crippen LogP contribution in [0.5, 0.6) is 0 Å². The lowest BCUT2D eigenvalue weighted by Crippen LogP contribution is -2.12. The molecule has 0 N–H and O–H groups in total. The maximum Gasteiger partial charge on any atom is 0.227 e. The molecule has 2 aromatic heterocycles. The molecule has 0 saturated heterocycles. The first-order valence-electron chi connectivity index (χ1n) is 8.39. The van der Waals surface area contributed by atoms with Gasteiger partial charge in [-0.05, 0) is 80.3 Å². The first-order valence-corrected chi connectivity index (χ1v) is 8.39. The van der Waals surface area contributed by atoms with Gasteiger partial charge in [-0.15, -0.1) is 0 Å². The Bertz CT molecular complexity index is 923. The molecule has 2 heteroatoms. The molecule has 0 bridgehead atoms. The Kier molecular flexibility index (Phi) is 3.55. The standard InChI is InChI=1S/C21H27NO/c1-11-9-12(2)22-20-17(11)18-15(5)16(10-21(6,7)8)13(3)14(4)19(18)23-20/h9H,10H2,1-8H3. The monoisotopic (exact) mass is 309 g/mol. The normalized spacial score (nSPS) is 12.5. The van der Waals surface area contributed by atoms with E-state index in [-0.39, 0.29) is 5.41 Å². The van der Waals surface area contributed by atoms with Gasteiger partial charge in [-0.1, -0.05) is 20.8 Å². The molecule has 23 heavy (non-hydrogen) atoms. The Morgan fingerprint density at radius 1 is 0.913 bits per heavy atom. The van der Waals surface area contributed by atoms with Crippen LogP contribution in [0.25, 0.3) is 22.1 Å². The minimum atomic E-state index is 0.263. The molecule has 122 valence electrons. The number of benzene rings is 1. The number of aryl methyl sites for hydroxylation is 4. The van der Waals surface area contributed by atoms with E-state index < -0.39 is 0 Å². The second-order valence-electron chi connectivity index (χ2n) is 8.16. The van der Waals surface area contributed by atoms with E-state index in [2.05, 4.69) is 59.5 Å². The fourth-order valence-electron chi connectivity index (χ4n) is 3.69.